The maximum Gasteiger partial charge on any atom is 0.189 e. The van der Waals surface area contributed by atoms with Crippen LogP contribution in [0.2, 0.25) is 5.15 Å². The lowest BCUT2D eigenvalue weighted by Gasteiger charge is -2.17. The summed E-state index contributed by atoms with van der Waals surface area (Å²) >= 11 is 11.5. The number of rotatable bonds is 3. The number of nitriles is 2. The second-order valence-corrected chi connectivity index (χ2v) is 7.41. The molecule has 19 heavy (non-hydrogen) atoms. The minimum Gasteiger partial charge on any atom is -0.214 e. The summed E-state index contributed by atoms with van der Waals surface area (Å²) in [4.78, 5) is 9.79. The number of halogens is 1. The van der Waals surface area contributed by atoms with Gasteiger partial charge in [-0.1, -0.05) is 46.9 Å². The maximum absolute atomic E-state index is 9.15. The molecular formula is C10H5ClN4S4. The molecule has 0 spiro atoms. The van der Waals surface area contributed by atoms with Gasteiger partial charge >= 0.3 is 0 Å². The van der Waals surface area contributed by atoms with Crippen LogP contribution in [-0.4, -0.2) is 22.0 Å². The van der Waals surface area contributed by atoms with Gasteiger partial charge in [-0.25, -0.2) is 9.97 Å². The zero-order chi connectivity index (χ0) is 13.8. The lowest BCUT2D eigenvalue weighted by atomic mass is 10.6. The van der Waals surface area contributed by atoms with E-state index in [9.17, 15) is 0 Å². The van der Waals surface area contributed by atoms with Crippen LogP contribution >= 0.6 is 58.6 Å². The first-order chi connectivity index (χ1) is 9.19. The van der Waals surface area contributed by atoms with E-state index < -0.39 is 0 Å². The summed E-state index contributed by atoms with van der Waals surface area (Å²) in [7, 11) is 0. The average Bonchev–Trinajstić information content (AvgIpc) is 2.43. The Morgan fingerprint density at radius 1 is 1.32 bits per heavy atom. The molecule has 4 nitrogen and oxygen atoms in total. The first-order valence-electron chi connectivity index (χ1n) is 4.81. The fraction of sp³-hybridized carbons (Fsp3) is 0.200. The second kappa shape index (κ2) is 6.78. The predicted molar refractivity (Wildman–Crippen MR) is 81.2 cm³/mol. The molecule has 0 N–H and O–H groups in total. The van der Waals surface area contributed by atoms with Crippen molar-refractivity contribution in [3.63, 3.8) is 0 Å². The molecule has 0 atom stereocenters. The van der Waals surface area contributed by atoms with Crippen molar-refractivity contribution in [1.29, 1.82) is 10.5 Å². The van der Waals surface area contributed by atoms with E-state index in [-0.39, 0.29) is 0 Å². The Morgan fingerprint density at radius 2 is 2.11 bits per heavy atom. The van der Waals surface area contributed by atoms with Gasteiger partial charge in [0, 0.05) is 0 Å². The Morgan fingerprint density at radius 3 is 2.74 bits per heavy atom. The number of thioether (sulfide) groups is 4. The van der Waals surface area contributed by atoms with Crippen LogP contribution in [0.3, 0.4) is 0 Å². The molecule has 1 aliphatic heterocycles. The molecule has 0 radical (unpaired) electrons. The lowest BCUT2D eigenvalue weighted by molar-refractivity contribution is 0.842. The van der Waals surface area contributed by atoms with E-state index in [1.54, 1.807) is 0 Å². The Labute approximate surface area is 132 Å². The minimum absolute atomic E-state index is 0.303. The zero-order valence-corrected chi connectivity index (χ0v) is 13.5. The SMILES string of the molecule is CSc1nc(Cl)c2c(n1)SC(SCC#N)=C(C#N)S2. The first kappa shape index (κ1) is 14.9. The van der Waals surface area contributed by atoms with Crippen molar-refractivity contribution in [2.24, 2.45) is 0 Å². The molecule has 0 saturated heterocycles. The zero-order valence-electron chi connectivity index (χ0n) is 9.51. The molecular weight excluding hydrogens is 340 g/mol. The molecule has 1 aromatic rings. The smallest absolute Gasteiger partial charge is 0.189 e. The quantitative estimate of drug-likeness (QED) is 0.462. The van der Waals surface area contributed by atoms with Crippen LogP contribution in [0, 0.1) is 22.7 Å². The molecule has 0 bridgehead atoms. The minimum atomic E-state index is 0.303. The van der Waals surface area contributed by atoms with Crippen molar-refractivity contribution < 1.29 is 0 Å². The monoisotopic (exact) mass is 344 g/mol. The molecule has 0 saturated carbocycles. The van der Waals surface area contributed by atoms with Gasteiger partial charge in [-0.15, -0.1) is 11.8 Å². The third-order valence-electron chi connectivity index (χ3n) is 1.90. The summed E-state index contributed by atoms with van der Waals surface area (Å²) < 4.78 is 0.795. The molecule has 0 fully saturated rings. The van der Waals surface area contributed by atoms with Gasteiger partial charge in [-0.3, -0.25) is 0 Å². The number of aromatic nitrogens is 2. The van der Waals surface area contributed by atoms with Crippen LogP contribution < -0.4 is 0 Å². The van der Waals surface area contributed by atoms with E-state index in [2.05, 4.69) is 22.1 Å². The summed E-state index contributed by atoms with van der Waals surface area (Å²) in [6.07, 6.45) is 1.88. The largest absolute Gasteiger partial charge is 0.214 e. The molecule has 96 valence electrons. The molecule has 0 aliphatic carbocycles. The normalized spacial score (nSPS) is 13.7. The molecule has 1 aliphatic rings. The highest BCUT2D eigenvalue weighted by Gasteiger charge is 2.25. The van der Waals surface area contributed by atoms with E-state index in [1.165, 1.54) is 47.0 Å². The number of allylic oxidation sites excluding steroid dienone is 1. The molecule has 2 rings (SSSR count). The van der Waals surface area contributed by atoms with E-state index in [0.717, 1.165) is 9.26 Å². The van der Waals surface area contributed by atoms with E-state index in [0.29, 0.717) is 25.9 Å². The van der Waals surface area contributed by atoms with Gasteiger partial charge in [0.25, 0.3) is 0 Å². The second-order valence-electron chi connectivity index (χ2n) is 3.01. The van der Waals surface area contributed by atoms with Crippen molar-refractivity contribution >= 4 is 58.6 Å². The van der Waals surface area contributed by atoms with Gasteiger partial charge in [0.15, 0.2) is 5.16 Å². The van der Waals surface area contributed by atoms with E-state index >= 15 is 0 Å². The van der Waals surface area contributed by atoms with Gasteiger partial charge in [0.1, 0.15) is 21.2 Å². The molecule has 1 aromatic heterocycles. The van der Waals surface area contributed by atoms with Crippen LogP contribution in [0.5, 0.6) is 0 Å². The average molecular weight is 345 g/mol. The fourth-order valence-electron chi connectivity index (χ4n) is 1.17. The number of nitrogens with zero attached hydrogens (tertiary/aromatic N) is 4. The van der Waals surface area contributed by atoms with Crippen LogP contribution in [0.15, 0.2) is 24.2 Å². The van der Waals surface area contributed by atoms with Crippen LogP contribution in [-0.2, 0) is 0 Å². The van der Waals surface area contributed by atoms with Gasteiger partial charge in [0.2, 0.25) is 0 Å². The number of hydrogen-bond acceptors (Lipinski definition) is 8. The number of hydrogen-bond donors (Lipinski definition) is 0. The Kier molecular flexibility index (Phi) is 5.31. The van der Waals surface area contributed by atoms with Crippen molar-refractivity contribution in [2.75, 3.05) is 12.0 Å². The fourth-order valence-corrected chi connectivity index (χ4v) is 5.04. The summed E-state index contributed by atoms with van der Waals surface area (Å²) in [6.45, 7) is 0. The standard InChI is InChI=1S/C10H5ClN4S4/c1-16-10-14-7(11)6-8(15-10)19-9(17-3-2-12)5(4-13)18-6/h3H2,1H3. The van der Waals surface area contributed by atoms with Crippen LogP contribution in [0.1, 0.15) is 0 Å². The Balaban J connectivity index is 2.39. The summed E-state index contributed by atoms with van der Waals surface area (Å²) in [5.74, 6) is 0.303. The van der Waals surface area contributed by atoms with Gasteiger partial charge in [-0.2, -0.15) is 10.5 Å². The third kappa shape index (κ3) is 3.33. The van der Waals surface area contributed by atoms with Crippen molar-refractivity contribution in [1.82, 2.24) is 9.97 Å². The van der Waals surface area contributed by atoms with Gasteiger partial charge < -0.3 is 0 Å². The van der Waals surface area contributed by atoms with Crippen molar-refractivity contribution in [3.05, 3.63) is 14.3 Å². The van der Waals surface area contributed by atoms with E-state index in [4.69, 9.17) is 22.1 Å². The van der Waals surface area contributed by atoms with E-state index in [1.807, 2.05) is 6.26 Å². The molecule has 0 aromatic carbocycles. The molecule has 9 heteroatoms. The highest BCUT2D eigenvalue weighted by Crippen LogP contribution is 2.51. The summed E-state index contributed by atoms with van der Waals surface area (Å²) in [5, 5.41) is 19.5. The van der Waals surface area contributed by atoms with Crippen LogP contribution in [0.4, 0.5) is 0 Å². The summed E-state index contributed by atoms with van der Waals surface area (Å²) in [6, 6.07) is 4.18. The Hall–Kier alpha value is -0.510. The Bertz CT molecular complexity index is 632. The van der Waals surface area contributed by atoms with Crippen molar-refractivity contribution in [3.8, 4) is 12.1 Å². The molecule has 2 heterocycles. The third-order valence-corrected chi connectivity index (χ3v) is 6.54. The number of fused-ring (bicyclic) bond motifs is 1. The lowest BCUT2D eigenvalue weighted by Crippen LogP contribution is -1.98. The molecule has 0 unspecified atom stereocenters. The van der Waals surface area contributed by atoms with Crippen LogP contribution in [0.25, 0.3) is 0 Å². The molecule has 0 amide bonds. The topological polar surface area (TPSA) is 73.4 Å². The predicted octanol–water partition coefficient (Wildman–Crippen LogP) is 4.00. The van der Waals surface area contributed by atoms with Gasteiger partial charge in [0.05, 0.1) is 21.0 Å². The highest BCUT2D eigenvalue weighted by molar-refractivity contribution is 8.24. The highest BCUT2D eigenvalue weighted by atomic mass is 35.5. The summed E-state index contributed by atoms with van der Waals surface area (Å²) in [5.41, 5.74) is 0. The first-order valence-corrected chi connectivity index (χ1v) is 9.03. The van der Waals surface area contributed by atoms with Crippen molar-refractivity contribution in [2.45, 2.75) is 15.1 Å². The maximum atomic E-state index is 9.15. The van der Waals surface area contributed by atoms with Gasteiger partial charge in [-0.05, 0) is 6.26 Å².